The number of hydrogen-bond donors (Lipinski definition) is 2. The summed E-state index contributed by atoms with van der Waals surface area (Å²) in [5, 5.41) is 30.5. The summed E-state index contributed by atoms with van der Waals surface area (Å²) in [4.78, 5) is 26.2. The van der Waals surface area contributed by atoms with Crippen molar-refractivity contribution < 1.29 is 29.7 Å². The number of carboxylic acid groups (broad SMARTS) is 1. The van der Waals surface area contributed by atoms with Gasteiger partial charge in [-0.05, 0) is 41.8 Å². The summed E-state index contributed by atoms with van der Waals surface area (Å²) in [5.74, 6) is -0.450. The van der Waals surface area contributed by atoms with E-state index in [1.807, 2.05) is 12.1 Å². The monoisotopic (exact) mass is 349 g/mol. The highest BCUT2D eigenvalue weighted by Crippen LogP contribution is 2.33. The molecule has 2 aromatic rings. The van der Waals surface area contributed by atoms with Gasteiger partial charge in [0.1, 0.15) is 12.4 Å². The predicted octanol–water partition coefficient (Wildman–Crippen LogP) is 2.15. The lowest BCUT2D eigenvalue weighted by Gasteiger charge is -2.28. The molecular weight excluding hydrogens is 330 g/mol. The van der Waals surface area contributed by atoms with Crippen molar-refractivity contribution in [2.45, 2.75) is 24.9 Å². The van der Waals surface area contributed by atoms with Crippen molar-refractivity contribution in [3.05, 3.63) is 52.1 Å². The van der Waals surface area contributed by atoms with Gasteiger partial charge in [0.25, 0.3) is 5.09 Å². The van der Waals surface area contributed by atoms with E-state index in [0.29, 0.717) is 11.3 Å². The molecule has 0 unspecified atom stereocenters. The standard InChI is InChI=1S/C17H19NO7/c1-17(16(20)21,9-14(19)10-25-18(22)23)13-5-3-12-8-15(24-2)6-4-11(12)7-13/h3-8,14,19H,9-10H2,1-2H3,(H,20,21)/t14-,17+/m1/s1. The second-order valence-corrected chi connectivity index (χ2v) is 5.94. The van der Waals surface area contributed by atoms with Crippen LogP contribution in [-0.4, -0.2) is 41.1 Å². The SMILES string of the molecule is COc1ccc2cc([C@](C)(C[C@@H](O)CO[N+](=O)[O-])C(=O)O)ccc2c1. The van der Waals surface area contributed by atoms with E-state index in [-0.39, 0.29) is 6.42 Å². The number of aliphatic hydroxyl groups is 1. The van der Waals surface area contributed by atoms with E-state index in [9.17, 15) is 25.1 Å². The molecule has 0 aliphatic rings. The van der Waals surface area contributed by atoms with Crippen LogP contribution in [0, 0.1) is 10.1 Å². The lowest BCUT2D eigenvalue weighted by Crippen LogP contribution is -2.37. The summed E-state index contributed by atoms with van der Waals surface area (Å²) >= 11 is 0. The number of carboxylic acids is 1. The van der Waals surface area contributed by atoms with Crippen LogP contribution >= 0.6 is 0 Å². The van der Waals surface area contributed by atoms with Crippen LogP contribution in [0.2, 0.25) is 0 Å². The lowest BCUT2D eigenvalue weighted by molar-refractivity contribution is -0.759. The van der Waals surface area contributed by atoms with Crippen LogP contribution in [0.5, 0.6) is 5.75 Å². The molecule has 25 heavy (non-hydrogen) atoms. The second-order valence-electron chi connectivity index (χ2n) is 5.94. The molecule has 0 bridgehead atoms. The molecule has 2 atom stereocenters. The van der Waals surface area contributed by atoms with Gasteiger partial charge in [-0.3, -0.25) is 4.79 Å². The average Bonchev–Trinajstić information content (AvgIpc) is 2.58. The van der Waals surface area contributed by atoms with Gasteiger partial charge in [-0.2, -0.15) is 0 Å². The first kappa shape index (κ1) is 18.5. The van der Waals surface area contributed by atoms with Gasteiger partial charge in [0.05, 0.1) is 18.6 Å². The highest BCUT2D eigenvalue weighted by molar-refractivity contribution is 5.88. The highest BCUT2D eigenvalue weighted by Gasteiger charge is 2.37. The van der Waals surface area contributed by atoms with Crippen LogP contribution in [0.1, 0.15) is 18.9 Å². The highest BCUT2D eigenvalue weighted by atomic mass is 17.0. The molecule has 0 aliphatic carbocycles. The van der Waals surface area contributed by atoms with Crippen molar-refractivity contribution in [3.63, 3.8) is 0 Å². The first-order valence-corrected chi connectivity index (χ1v) is 7.53. The number of methoxy groups -OCH3 is 1. The van der Waals surface area contributed by atoms with Gasteiger partial charge >= 0.3 is 5.97 Å². The predicted molar refractivity (Wildman–Crippen MR) is 89.1 cm³/mol. The third-order valence-electron chi connectivity index (χ3n) is 4.17. The first-order chi connectivity index (χ1) is 11.8. The van der Waals surface area contributed by atoms with Crippen molar-refractivity contribution >= 4 is 16.7 Å². The second kappa shape index (κ2) is 7.35. The Bertz CT molecular complexity index is 792. The molecule has 0 spiro atoms. The molecule has 0 saturated heterocycles. The Hall–Kier alpha value is -2.87. The minimum atomic E-state index is -1.42. The van der Waals surface area contributed by atoms with Crippen molar-refractivity contribution in [2.75, 3.05) is 13.7 Å². The number of aliphatic carboxylic acids is 1. The van der Waals surface area contributed by atoms with Gasteiger partial charge < -0.3 is 19.8 Å². The van der Waals surface area contributed by atoms with Crippen LogP contribution in [0.25, 0.3) is 10.8 Å². The number of aliphatic hydroxyl groups excluding tert-OH is 1. The Morgan fingerprint density at radius 2 is 1.92 bits per heavy atom. The molecule has 0 heterocycles. The molecule has 0 fully saturated rings. The van der Waals surface area contributed by atoms with Crippen LogP contribution in [0.4, 0.5) is 0 Å². The van der Waals surface area contributed by atoms with Crippen molar-refractivity contribution in [1.82, 2.24) is 0 Å². The quantitative estimate of drug-likeness (QED) is 0.553. The van der Waals surface area contributed by atoms with Gasteiger partial charge in [-0.25, -0.2) is 0 Å². The maximum atomic E-state index is 11.8. The molecule has 0 amide bonds. The minimum Gasteiger partial charge on any atom is -0.497 e. The molecule has 8 heteroatoms. The van der Waals surface area contributed by atoms with Gasteiger partial charge in [0.15, 0.2) is 0 Å². The van der Waals surface area contributed by atoms with E-state index in [0.717, 1.165) is 10.8 Å². The normalized spacial score (nSPS) is 14.5. The van der Waals surface area contributed by atoms with E-state index < -0.39 is 29.2 Å². The molecule has 8 nitrogen and oxygen atoms in total. The Morgan fingerprint density at radius 1 is 1.28 bits per heavy atom. The molecular formula is C17H19NO7. The Kier molecular flexibility index (Phi) is 5.43. The summed E-state index contributed by atoms with van der Waals surface area (Å²) in [6.45, 7) is 0.885. The van der Waals surface area contributed by atoms with Gasteiger partial charge in [-0.1, -0.05) is 24.3 Å². The molecule has 0 aliphatic heterocycles. The van der Waals surface area contributed by atoms with Crippen LogP contribution in [0.15, 0.2) is 36.4 Å². The zero-order chi connectivity index (χ0) is 18.6. The number of ether oxygens (including phenoxy) is 1. The summed E-state index contributed by atoms with van der Waals surface area (Å²) in [6, 6.07) is 10.6. The Labute approximate surface area is 143 Å². The summed E-state index contributed by atoms with van der Waals surface area (Å²) in [6.07, 6.45) is -1.52. The van der Waals surface area contributed by atoms with Crippen LogP contribution in [0.3, 0.4) is 0 Å². The number of nitrogens with zero attached hydrogens (tertiary/aromatic N) is 1. The van der Waals surface area contributed by atoms with Gasteiger partial charge in [-0.15, -0.1) is 10.1 Å². The fourth-order valence-corrected chi connectivity index (χ4v) is 2.70. The number of rotatable bonds is 8. The van der Waals surface area contributed by atoms with E-state index in [1.54, 1.807) is 31.4 Å². The molecule has 134 valence electrons. The van der Waals surface area contributed by atoms with Crippen LogP contribution in [-0.2, 0) is 15.0 Å². The molecule has 0 radical (unpaired) electrons. The largest absolute Gasteiger partial charge is 0.497 e. The zero-order valence-corrected chi connectivity index (χ0v) is 13.8. The van der Waals surface area contributed by atoms with Crippen molar-refractivity contribution in [1.29, 1.82) is 0 Å². The van der Waals surface area contributed by atoms with E-state index in [2.05, 4.69) is 4.84 Å². The van der Waals surface area contributed by atoms with Gasteiger partial charge in [0, 0.05) is 0 Å². The maximum absolute atomic E-state index is 11.8. The summed E-state index contributed by atoms with van der Waals surface area (Å²) in [7, 11) is 1.56. The smallest absolute Gasteiger partial charge is 0.313 e. The first-order valence-electron chi connectivity index (χ1n) is 7.53. The Morgan fingerprint density at radius 3 is 2.52 bits per heavy atom. The number of hydrogen-bond acceptors (Lipinski definition) is 6. The number of fused-ring (bicyclic) bond motifs is 1. The van der Waals surface area contributed by atoms with E-state index in [1.165, 1.54) is 6.92 Å². The lowest BCUT2D eigenvalue weighted by atomic mass is 9.77. The topological polar surface area (TPSA) is 119 Å². The number of carbonyl (C=O) groups is 1. The minimum absolute atomic E-state index is 0.224. The van der Waals surface area contributed by atoms with E-state index >= 15 is 0 Å². The number of benzene rings is 2. The van der Waals surface area contributed by atoms with Crippen molar-refractivity contribution in [2.24, 2.45) is 0 Å². The zero-order valence-electron chi connectivity index (χ0n) is 13.8. The maximum Gasteiger partial charge on any atom is 0.313 e. The molecule has 0 aromatic heterocycles. The molecule has 0 saturated carbocycles. The fourth-order valence-electron chi connectivity index (χ4n) is 2.70. The van der Waals surface area contributed by atoms with Crippen molar-refractivity contribution in [3.8, 4) is 5.75 Å². The average molecular weight is 349 g/mol. The molecule has 2 N–H and O–H groups in total. The Balaban J connectivity index is 2.33. The summed E-state index contributed by atoms with van der Waals surface area (Å²) < 4.78 is 5.16. The van der Waals surface area contributed by atoms with E-state index in [4.69, 9.17) is 4.74 Å². The third-order valence-corrected chi connectivity index (χ3v) is 4.17. The molecule has 2 aromatic carbocycles. The van der Waals surface area contributed by atoms with Gasteiger partial charge in [0.2, 0.25) is 0 Å². The fraction of sp³-hybridized carbons (Fsp3) is 0.353. The molecule has 2 rings (SSSR count). The summed E-state index contributed by atoms with van der Waals surface area (Å²) in [5.41, 5.74) is -0.939. The third kappa shape index (κ3) is 4.16. The van der Waals surface area contributed by atoms with Crippen LogP contribution < -0.4 is 4.74 Å².